The summed E-state index contributed by atoms with van der Waals surface area (Å²) in [6, 6.07) is 10.7. The lowest BCUT2D eigenvalue weighted by molar-refractivity contribution is 0.414. The normalized spacial score (nSPS) is 10.6. The summed E-state index contributed by atoms with van der Waals surface area (Å²) in [5.41, 5.74) is 1.16. The van der Waals surface area contributed by atoms with E-state index < -0.39 is 0 Å². The molecule has 0 aliphatic rings. The number of hydrogen-bond donors (Lipinski definition) is 1. The van der Waals surface area contributed by atoms with Crippen molar-refractivity contribution in [2.45, 2.75) is 0 Å². The van der Waals surface area contributed by atoms with Gasteiger partial charge in [-0.05, 0) is 36.4 Å². The van der Waals surface area contributed by atoms with Gasteiger partial charge in [-0.3, -0.25) is 4.79 Å². The number of hydrogen-bond acceptors (Lipinski definition) is 4. The number of halogens is 1. The zero-order chi connectivity index (χ0) is 14.8. The maximum atomic E-state index is 12.9. The highest BCUT2D eigenvalue weighted by Crippen LogP contribution is 2.21. The molecule has 0 saturated heterocycles. The Labute approximate surface area is 119 Å². The molecule has 0 aliphatic carbocycles. The van der Waals surface area contributed by atoms with Gasteiger partial charge in [0.15, 0.2) is 0 Å². The van der Waals surface area contributed by atoms with Gasteiger partial charge in [0.1, 0.15) is 29.1 Å². The molecule has 2 aromatic carbocycles. The molecule has 21 heavy (non-hydrogen) atoms. The van der Waals surface area contributed by atoms with Crippen LogP contribution in [0.1, 0.15) is 0 Å². The molecule has 0 radical (unpaired) electrons. The average molecular weight is 285 g/mol. The highest BCUT2D eigenvalue weighted by atomic mass is 19.1. The predicted molar refractivity (Wildman–Crippen MR) is 78.7 cm³/mol. The fourth-order valence-electron chi connectivity index (χ4n) is 2.01. The highest BCUT2D eigenvalue weighted by molar-refractivity contribution is 5.81. The largest absolute Gasteiger partial charge is 0.497 e. The van der Waals surface area contributed by atoms with E-state index >= 15 is 0 Å². The second-order valence-corrected chi connectivity index (χ2v) is 4.47. The molecule has 5 heteroatoms. The van der Waals surface area contributed by atoms with E-state index in [1.165, 1.54) is 18.4 Å². The molecule has 0 aliphatic heterocycles. The molecule has 0 spiro atoms. The Bertz CT molecular complexity index is 840. The Kier molecular flexibility index (Phi) is 3.31. The third-order valence-corrected chi connectivity index (χ3v) is 3.11. The van der Waals surface area contributed by atoms with Crippen LogP contribution < -0.4 is 15.5 Å². The number of methoxy groups -OCH3 is 1. The number of nitrogens with one attached hydrogen (secondary N) is 1. The fraction of sp³-hybridized carbons (Fsp3) is 0.0625. The summed E-state index contributed by atoms with van der Waals surface area (Å²) in [4.78, 5) is 12.4. The van der Waals surface area contributed by atoms with Crippen LogP contribution in [0.15, 0.2) is 57.9 Å². The van der Waals surface area contributed by atoms with Crippen molar-refractivity contribution in [2.24, 2.45) is 0 Å². The van der Waals surface area contributed by atoms with Crippen molar-refractivity contribution in [3.05, 3.63) is 64.8 Å². The van der Waals surface area contributed by atoms with Crippen molar-refractivity contribution in [3.63, 3.8) is 0 Å². The van der Waals surface area contributed by atoms with Gasteiger partial charge in [0, 0.05) is 11.8 Å². The van der Waals surface area contributed by atoms with Gasteiger partial charge in [-0.25, -0.2) is 4.39 Å². The third kappa shape index (κ3) is 2.58. The zero-order valence-corrected chi connectivity index (χ0v) is 11.2. The molecule has 106 valence electrons. The molecule has 0 atom stereocenters. The predicted octanol–water partition coefficient (Wildman–Crippen LogP) is 3.68. The Morgan fingerprint density at radius 1 is 1.14 bits per heavy atom. The number of benzene rings is 2. The Hall–Kier alpha value is -2.82. The molecule has 1 heterocycles. The Morgan fingerprint density at radius 2 is 1.90 bits per heavy atom. The van der Waals surface area contributed by atoms with E-state index in [1.807, 2.05) is 0 Å². The van der Waals surface area contributed by atoms with Crippen molar-refractivity contribution < 1.29 is 13.5 Å². The quantitative estimate of drug-likeness (QED) is 0.797. The van der Waals surface area contributed by atoms with Gasteiger partial charge in [0.05, 0.1) is 12.5 Å². The van der Waals surface area contributed by atoms with Gasteiger partial charge < -0.3 is 14.5 Å². The van der Waals surface area contributed by atoms with E-state index in [-0.39, 0.29) is 11.2 Å². The van der Waals surface area contributed by atoms with E-state index in [4.69, 9.17) is 9.15 Å². The first-order valence-electron chi connectivity index (χ1n) is 6.29. The van der Waals surface area contributed by atoms with Gasteiger partial charge in [-0.2, -0.15) is 0 Å². The van der Waals surface area contributed by atoms with Crippen LogP contribution in [-0.2, 0) is 0 Å². The summed E-state index contributed by atoms with van der Waals surface area (Å²) < 4.78 is 23.4. The van der Waals surface area contributed by atoms with E-state index in [9.17, 15) is 9.18 Å². The van der Waals surface area contributed by atoms with Crippen molar-refractivity contribution in [1.82, 2.24) is 0 Å². The molecule has 1 aromatic heterocycles. The van der Waals surface area contributed by atoms with Crippen LogP contribution in [0.3, 0.4) is 0 Å². The molecular formula is C16H12FNO3. The maximum absolute atomic E-state index is 12.9. The summed E-state index contributed by atoms with van der Waals surface area (Å²) in [5, 5.41) is 3.36. The monoisotopic (exact) mass is 285 g/mol. The molecule has 4 nitrogen and oxygen atoms in total. The summed E-state index contributed by atoms with van der Waals surface area (Å²) in [6.07, 6.45) is 1.34. The van der Waals surface area contributed by atoms with Crippen molar-refractivity contribution in [2.75, 3.05) is 12.4 Å². The molecule has 0 amide bonds. The van der Waals surface area contributed by atoms with Crippen LogP contribution in [0.5, 0.6) is 5.75 Å². The van der Waals surface area contributed by atoms with E-state index in [0.29, 0.717) is 28.1 Å². The molecule has 0 bridgehead atoms. The van der Waals surface area contributed by atoms with E-state index in [1.54, 1.807) is 37.4 Å². The van der Waals surface area contributed by atoms with Crippen LogP contribution in [-0.4, -0.2) is 7.11 Å². The van der Waals surface area contributed by atoms with Crippen molar-refractivity contribution in [3.8, 4) is 5.75 Å². The molecule has 3 aromatic rings. The van der Waals surface area contributed by atoms with Crippen molar-refractivity contribution >= 4 is 22.3 Å². The van der Waals surface area contributed by atoms with E-state index in [2.05, 4.69) is 5.32 Å². The minimum Gasteiger partial charge on any atom is -0.497 e. The third-order valence-electron chi connectivity index (χ3n) is 3.11. The molecule has 1 N–H and O–H groups in total. The first-order valence-corrected chi connectivity index (χ1v) is 6.29. The fourth-order valence-corrected chi connectivity index (χ4v) is 2.01. The lowest BCUT2D eigenvalue weighted by Crippen LogP contribution is -2.08. The maximum Gasteiger partial charge on any atom is 0.216 e. The lowest BCUT2D eigenvalue weighted by Gasteiger charge is -2.07. The minimum atomic E-state index is -0.335. The number of anilines is 2. The van der Waals surface area contributed by atoms with Gasteiger partial charge in [0.25, 0.3) is 0 Å². The first kappa shape index (κ1) is 13.2. The van der Waals surface area contributed by atoms with Crippen molar-refractivity contribution in [1.29, 1.82) is 0 Å². The van der Waals surface area contributed by atoms with Crippen LogP contribution in [0.2, 0.25) is 0 Å². The summed E-state index contributed by atoms with van der Waals surface area (Å²) in [6.45, 7) is 0. The van der Waals surface area contributed by atoms with Crippen LogP contribution >= 0.6 is 0 Å². The standard InChI is InChI=1S/C16H12FNO3/c1-20-12-6-7-13-15(8-12)21-9-14(16(13)19)18-11-4-2-10(17)3-5-11/h2-9,18H,1H3. The number of rotatable bonds is 3. The number of ether oxygens (including phenoxy) is 1. The smallest absolute Gasteiger partial charge is 0.216 e. The number of fused-ring (bicyclic) bond motifs is 1. The highest BCUT2D eigenvalue weighted by Gasteiger charge is 2.08. The van der Waals surface area contributed by atoms with Crippen LogP contribution in [0.25, 0.3) is 11.0 Å². The SMILES string of the molecule is COc1ccc2c(=O)c(Nc3ccc(F)cc3)coc2c1. The lowest BCUT2D eigenvalue weighted by atomic mass is 10.2. The second-order valence-electron chi connectivity index (χ2n) is 4.47. The molecule has 0 saturated carbocycles. The summed E-state index contributed by atoms with van der Waals surface area (Å²) >= 11 is 0. The summed E-state index contributed by atoms with van der Waals surface area (Å²) in [7, 11) is 1.55. The van der Waals surface area contributed by atoms with Gasteiger partial charge in [-0.1, -0.05) is 0 Å². The molecule has 3 rings (SSSR count). The van der Waals surface area contributed by atoms with Crippen LogP contribution in [0.4, 0.5) is 15.8 Å². The van der Waals surface area contributed by atoms with E-state index in [0.717, 1.165) is 0 Å². The van der Waals surface area contributed by atoms with Crippen LogP contribution in [0, 0.1) is 5.82 Å². The molecule has 0 unspecified atom stereocenters. The minimum absolute atomic E-state index is 0.191. The van der Waals surface area contributed by atoms with Gasteiger partial charge in [0.2, 0.25) is 5.43 Å². The zero-order valence-electron chi connectivity index (χ0n) is 11.2. The second kappa shape index (κ2) is 5.28. The Morgan fingerprint density at radius 3 is 2.62 bits per heavy atom. The molecular weight excluding hydrogens is 273 g/mol. The first-order chi connectivity index (χ1) is 10.2. The van der Waals surface area contributed by atoms with Gasteiger partial charge >= 0.3 is 0 Å². The van der Waals surface area contributed by atoms with Gasteiger partial charge in [-0.15, -0.1) is 0 Å². The molecule has 0 fully saturated rings. The topological polar surface area (TPSA) is 51.5 Å². The summed E-state index contributed by atoms with van der Waals surface area (Å²) in [5.74, 6) is 0.281. The Balaban J connectivity index is 2.02. The average Bonchev–Trinajstić information content (AvgIpc) is 2.52.